The molecule has 92 valence electrons. The second kappa shape index (κ2) is 5.09. The SMILES string of the molecule is CC(=O)c1ccc(-c2ccc(Cl)c(Cl)c2)nc1C. The van der Waals surface area contributed by atoms with E-state index in [2.05, 4.69) is 4.98 Å². The summed E-state index contributed by atoms with van der Waals surface area (Å²) in [5.41, 5.74) is 3.00. The Hall–Kier alpha value is -1.38. The van der Waals surface area contributed by atoms with Gasteiger partial charge in [-0.1, -0.05) is 29.3 Å². The number of benzene rings is 1. The third kappa shape index (κ3) is 2.55. The first-order valence-corrected chi connectivity index (χ1v) is 6.18. The first kappa shape index (κ1) is 13.1. The maximum absolute atomic E-state index is 11.3. The van der Waals surface area contributed by atoms with E-state index in [0.717, 1.165) is 11.3 Å². The van der Waals surface area contributed by atoms with Crippen molar-refractivity contribution in [3.05, 3.63) is 51.6 Å². The third-order valence-electron chi connectivity index (χ3n) is 2.68. The summed E-state index contributed by atoms with van der Waals surface area (Å²) < 4.78 is 0. The van der Waals surface area contributed by atoms with Crippen LogP contribution >= 0.6 is 23.2 Å². The lowest BCUT2D eigenvalue weighted by atomic mass is 10.1. The molecule has 0 amide bonds. The van der Waals surface area contributed by atoms with Crippen molar-refractivity contribution in [2.24, 2.45) is 0 Å². The first-order chi connectivity index (χ1) is 8.49. The Labute approximate surface area is 116 Å². The molecular formula is C14H11Cl2NO. The summed E-state index contributed by atoms with van der Waals surface area (Å²) >= 11 is 11.8. The van der Waals surface area contributed by atoms with Crippen molar-refractivity contribution in [1.82, 2.24) is 4.98 Å². The number of hydrogen-bond donors (Lipinski definition) is 0. The Morgan fingerprint density at radius 1 is 1.11 bits per heavy atom. The van der Waals surface area contributed by atoms with Gasteiger partial charge in [0.15, 0.2) is 5.78 Å². The van der Waals surface area contributed by atoms with Crippen LogP contribution in [0.3, 0.4) is 0 Å². The van der Waals surface area contributed by atoms with Crippen LogP contribution in [-0.4, -0.2) is 10.8 Å². The molecule has 18 heavy (non-hydrogen) atoms. The molecule has 2 rings (SSSR count). The predicted molar refractivity (Wildman–Crippen MR) is 74.4 cm³/mol. The zero-order valence-electron chi connectivity index (χ0n) is 10.00. The Morgan fingerprint density at radius 2 is 1.83 bits per heavy atom. The Balaban J connectivity index is 2.48. The molecule has 0 fully saturated rings. The molecule has 0 radical (unpaired) electrons. The monoisotopic (exact) mass is 279 g/mol. The summed E-state index contributed by atoms with van der Waals surface area (Å²) in [6.07, 6.45) is 0. The number of aromatic nitrogens is 1. The highest BCUT2D eigenvalue weighted by Gasteiger charge is 2.08. The predicted octanol–water partition coefficient (Wildman–Crippen LogP) is 4.57. The van der Waals surface area contributed by atoms with Gasteiger partial charge in [-0.3, -0.25) is 9.78 Å². The Morgan fingerprint density at radius 3 is 2.39 bits per heavy atom. The number of pyridine rings is 1. The number of nitrogens with zero attached hydrogens (tertiary/aromatic N) is 1. The minimum atomic E-state index is 0.0145. The van der Waals surface area contributed by atoms with Crippen molar-refractivity contribution in [3.63, 3.8) is 0 Å². The van der Waals surface area contributed by atoms with Crippen molar-refractivity contribution < 1.29 is 4.79 Å². The minimum Gasteiger partial charge on any atom is -0.294 e. The fourth-order valence-corrected chi connectivity index (χ4v) is 2.05. The topological polar surface area (TPSA) is 30.0 Å². The van der Waals surface area contributed by atoms with Crippen LogP contribution < -0.4 is 0 Å². The van der Waals surface area contributed by atoms with Gasteiger partial charge in [-0.25, -0.2) is 0 Å². The van der Waals surface area contributed by atoms with Gasteiger partial charge in [0.2, 0.25) is 0 Å². The molecule has 0 unspecified atom stereocenters. The second-order valence-corrected chi connectivity index (χ2v) is 4.83. The van der Waals surface area contributed by atoms with Crippen LogP contribution in [0.25, 0.3) is 11.3 Å². The van der Waals surface area contributed by atoms with E-state index in [1.54, 1.807) is 18.2 Å². The van der Waals surface area contributed by atoms with E-state index < -0.39 is 0 Å². The van der Waals surface area contributed by atoms with Crippen molar-refractivity contribution in [1.29, 1.82) is 0 Å². The molecule has 2 aromatic rings. The van der Waals surface area contributed by atoms with Crippen LogP contribution in [0.15, 0.2) is 30.3 Å². The summed E-state index contributed by atoms with van der Waals surface area (Å²) in [6.45, 7) is 3.35. The van der Waals surface area contributed by atoms with Crippen LogP contribution in [0.2, 0.25) is 10.0 Å². The molecule has 1 aromatic heterocycles. The molecule has 0 atom stereocenters. The number of aryl methyl sites for hydroxylation is 1. The summed E-state index contributed by atoms with van der Waals surface area (Å²) in [7, 11) is 0. The van der Waals surface area contributed by atoms with Gasteiger partial charge in [-0.2, -0.15) is 0 Å². The summed E-state index contributed by atoms with van der Waals surface area (Å²) in [5.74, 6) is 0.0145. The lowest BCUT2D eigenvalue weighted by Gasteiger charge is -2.06. The average molecular weight is 280 g/mol. The van der Waals surface area contributed by atoms with Gasteiger partial charge in [-0.15, -0.1) is 0 Å². The highest BCUT2D eigenvalue weighted by Crippen LogP contribution is 2.28. The number of carbonyl (C=O) groups excluding carboxylic acids is 1. The molecule has 4 heteroatoms. The van der Waals surface area contributed by atoms with E-state index in [0.29, 0.717) is 21.3 Å². The highest BCUT2D eigenvalue weighted by atomic mass is 35.5. The van der Waals surface area contributed by atoms with E-state index in [9.17, 15) is 4.79 Å². The summed E-state index contributed by atoms with van der Waals surface area (Å²) in [4.78, 5) is 15.7. The number of halogens is 2. The molecule has 1 aromatic carbocycles. The quantitative estimate of drug-likeness (QED) is 0.754. The highest BCUT2D eigenvalue weighted by molar-refractivity contribution is 6.42. The summed E-state index contributed by atoms with van der Waals surface area (Å²) in [5, 5.41) is 1.00. The van der Waals surface area contributed by atoms with Crippen LogP contribution in [0.1, 0.15) is 23.0 Å². The molecule has 0 aliphatic carbocycles. The average Bonchev–Trinajstić information content (AvgIpc) is 2.32. The Bertz CT molecular complexity index is 623. The van der Waals surface area contributed by atoms with Crippen molar-refractivity contribution in [3.8, 4) is 11.3 Å². The van der Waals surface area contributed by atoms with Crippen LogP contribution in [0.4, 0.5) is 0 Å². The van der Waals surface area contributed by atoms with E-state index in [1.165, 1.54) is 6.92 Å². The van der Waals surface area contributed by atoms with Crippen LogP contribution in [-0.2, 0) is 0 Å². The van der Waals surface area contributed by atoms with E-state index in [4.69, 9.17) is 23.2 Å². The molecule has 0 saturated carbocycles. The molecular weight excluding hydrogens is 269 g/mol. The van der Waals surface area contributed by atoms with Gasteiger partial charge in [0, 0.05) is 16.8 Å². The molecule has 0 bridgehead atoms. The molecule has 0 saturated heterocycles. The normalized spacial score (nSPS) is 10.4. The number of ketones is 1. The van der Waals surface area contributed by atoms with Crippen LogP contribution in [0.5, 0.6) is 0 Å². The minimum absolute atomic E-state index is 0.0145. The standard InChI is InChI=1S/C14H11Cl2NO/c1-8-11(9(2)18)4-6-14(17-8)10-3-5-12(15)13(16)7-10/h3-7H,1-2H3. The van der Waals surface area contributed by atoms with E-state index in [-0.39, 0.29) is 5.78 Å². The van der Waals surface area contributed by atoms with Gasteiger partial charge >= 0.3 is 0 Å². The number of carbonyl (C=O) groups is 1. The van der Waals surface area contributed by atoms with Crippen molar-refractivity contribution in [2.75, 3.05) is 0 Å². The third-order valence-corrected chi connectivity index (χ3v) is 3.42. The van der Waals surface area contributed by atoms with Gasteiger partial charge in [0.25, 0.3) is 0 Å². The van der Waals surface area contributed by atoms with Gasteiger partial charge in [0.05, 0.1) is 15.7 Å². The molecule has 0 aliphatic rings. The number of hydrogen-bond acceptors (Lipinski definition) is 2. The number of rotatable bonds is 2. The fraction of sp³-hybridized carbons (Fsp3) is 0.143. The Kier molecular flexibility index (Phi) is 3.69. The lowest BCUT2D eigenvalue weighted by molar-refractivity contribution is 0.101. The molecule has 1 heterocycles. The van der Waals surface area contributed by atoms with Crippen LogP contribution in [0, 0.1) is 6.92 Å². The van der Waals surface area contributed by atoms with Gasteiger partial charge in [-0.05, 0) is 38.1 Å². The maximum atomic E-state index is 11.3. The molecule has 0 aliphatic heterocycles. The zero-order chi connectivity index (χ0) is 13.3. The first-order valence-electron chi connectivity index (χ1n) is 5.43. The lowest BCUT2D eigenvalue weighted by Crippen LogP contribution is -1.99. The van der Waals surface area contributed by atoms with Crippen molar-refractivity contribution >= 4 is 29.0 Å². The maximum Gasteiger partial charge on any atom is 0.161 e. The van der Waals surface area contributed by atoms with Crippen molar-refractivity contribution in [2.45, 2.75) is 13.8 Å². The fourth-order valence-electron chi connectivity index (χ4n) is 1.75. The smallest absolute Gasteiger partial charge is 0.161 e. The zero-order valence-corrected chi connectivity index (χ0v) is 11.5. The molecule has 0 N–H and O–H groups in total. The number of Topliss-reactive ketones (excluding diaryl/α,β-unsaturated/α-hetero) is 1. The molecule has 0 spiro atoms. The van der Waals surface area contributed by atoms with Gasteiger partial charge in [0.1, 0.15) is 0 Å². The van der Waals surface area contributed by atoms with E-state index >= 15 is 0 Å². The second-order valence-electron chi connectivity index (χ2n) is 4.01. The molecule has 2 nitrogen and oxygen atoms in total. The van der Waals surface area contributed by atoms with E-state index in [1.807, 2.05) is 19.1 Å². The largest absolute Gasteiger partial charge is 0.294 e. The summed E-state index contributed by atoms with van der Waals surface area (Å²) in [6, 6.07) is 8.93. The van der Waals surface area contributed by atoms with Gasteiger partial charge < -0.3 is 0 Å².